The van der Waals surface area contributed by atoms with E-state index in [0.29, 0.717) is 6.42 Å². The largest absolute Gasteiger partial charge is 0.503 e. The summed E-state index contributed by atoms with van der Waals surface area (Å²) in [5.74, 6) is -0.0916. The number of aryl methyl sites for hydroxylation is 1. The van der Waals surface area contributed by atoms with E-state index in [1.165, 1.54) is 6.07 Å². The van der Waals surface area contributed by atoms with E-state index < -0.39 is 0 Å². The predicted octanol–water partition coefficient (Wildman–Crippen LogP) is 1.92. The van der Waals surface area contributed by atoms with Crippen molar-refractivity contribution in [2.45, 2.75) is 39.7 Å². The van der Waals surface area contributed by atoms with Crippen molar-refractivity contribution in [3.63, 3.8) is 0 Å². The smallest absolute Gasteiger partial charge is 0.223 e. The van der Waals surface area contributed by atoms with Crippen molar-refractivity contribution in [2.24, 2.45) is 0 Å². The molecule has 0 bridgehead atoms. The highest BCUT2D eigenvalue weighted by molar-refractivity contribution is 5.26. The van der Waals surface area contributed by atoms with Gasteiger partial charge >= 0.3 is 0 Å². The molecule has 0 saturated heterocycles. The lowest BCUT2D eigenvalue weighted by Crippen LogP contribution is -2.12. The Kier molecular flexibility index (Phi) is 3.74. The first-order chi connectivity index (χ1) is 6.70. The van der Waals surface area contributed by atoms with E-state index in [9.17, 15) is 9.90 Å². The zero-order valence-electron chi connectivity index (χ0n) is 8.79. The molecule has 0 aromatic carbocycles. The Bertz CT molecular complexity index is 355. The number of rotatable bonds is 4. The normalized spacial score (nSPS) is 10.4. The third-order valence-electron chi connectivity index (χ3n) is 2.35. The molecule has 0 unspecified atom stereocenters. The van der Waals surface area contributed by atoms with Crippen molar-refractivity contribution in [1.29, 1.82) is 0 Å². The van der Waals surface area contributed by atoms with E-state index >= 15 is 0 Å². The molecular formula is C11H17NO2. The van der Waals surface area contributed by atoms with Crippen LogP contribution in [0.3, 0.4) is 0 Å². The number of aromatic nitrogens is 1. The van der Waals surface area contributed by atoms with Crippen molar-refractivity contribution in [1.82, 2.24) is 4.57 Å². The molecule has 1 N–H and O–H groups in total. The van der Waals surface area contributed by atoms with Crippen LogP contribution < -0.4 is 5.43 Å². The van der Waals surface area contributed by atoms with Gasteiger partial charge in [0.25, 0.3) is 0 Å². The molecule has 0 radical (unpaired) electrons. The van der Waals surface area contributed by atoms with Crippen molar-refractivity contribution in [3.8, 4) is 5.75 Å². The lowest BCUT2D eigenvalue weighted by atomic mass is 10.2. The molecule has 0 spiro atoms. The number of hydrogen-bond acceptors (Lipinski definition) is 2. The van der Waals surface area contributed by atoms with Crippen LogP contribution in [0.25, 0.3) is 0 Å². The van der Waals surface area contributed by atoms with Crippen LogP contribution in [0.1, 0.15) is 32.4 Å². The molecule has 78 valence electrons. The quantitative estimate of drug-likeness (QED) is 0.797. The van der Waals surface area contributed by atoms with Gasteiger partial charge in [0.15, 0.2) is 5.75 Å². The molecular weight excluding hydrogens is 178 g/mol. The van der Waals surface area contributed by atoms with Crippen LogP contribution in [0, 0.1) is 0 Å². The Morgan fingerprint density at radius 3 is 2.71 bits per heavy atom. The minimum atomic E-state index is -0.283. The highest BCUT2D eigenvalue weighted by Gasteiger charge is 2.06. The fraction of sp³-hybridized carbons (Fsp3) is 0.545. The monoisotopic (exact) mass is 195 g/mol. The first-order valence-electron chi connectivity index (χ1n) is 5.12. The molecule has 1 rings (SSSR count). The van der Waals surface area contributed by atoms with Crippen molar-refractivity contribution in [3.05, 3.63) is 28.2 Å². The van der Waals surface area contributed by atoms with Crippen LogP contribution in [0.5, 0.6) is 5.75 Å². The molecule has 1 aromatic heterocycles. The molecule has 0 aliphatic rings. The van der Waals surface area contributed by atoms with Gasteiger partial charge in [-0.3, -0.25) is 4.79 Å². The summed E-state index contributed by atoms with van der Waals surface area (Å²) in [5.41, 5.74) is 0.459. The van der Waals surface area contributed by atoms with Crippen molar-refractivity contribution in [2.75, 3.05) is 0 Å². The maximum absolute atomic E-state index is 11.2. The molecule has 1 aromatic rings. The number of unbranched alkanes of at least 4 members (excludes halogenated alkanes) is 1. The second-order valence-corrected chi connectivity index (χ2v) is 3.38. The molecule has 0 amide bonds. The van der Waals surface area contributed by atoms with Gasteiger partial charge in [-0.05, 0) is 12.8 Å². The Morgan fingerprint density at radius 2 is 2.14 bits per heavy atom. The average Bonchev–Trinajstić information content (AvgIpc) is 2.20. The van der Waals surface area contributed by atoms with Gasteiger partial charge in [0.2, 0.25) is 5.43 Å². The standard InChI is InChI=1S/C11H17NO2/c1-3-5-7-12-8-6-10(13)11(14)9(12)4-2/h6,8,14H,3-5,7H2,1-2H3. The van der Waals surface area contributed by atoms with Gasteiger partial charge in [-0.25, -0.2) is 0 Å². The molecule has 0 aliphatic heterocycles. The van der Waals surface area contributed by atoms with Gasteiger partial charge in [0.05, 0.1) is 5.69 Å². The Hall–Kier alpha value is -1.25. The SMILES string of the molecule is CCCCn1ccc(=O)c(O)c1CC. The van der Waals surface area contributed by atoms with E-state index in [2.05, 4.69) is 6.92 Å². The minimum absolute atomic E-state index is 0.0916. The molecule has 3 nitrogen and oxygen atoms in total. The summed E-state index contributed by atoms with van der Waals surface area (Å²) in [6, 6.07) is 1.42. The maximum Gasteiger partial charge on any atom is 0.223 e. The third-order valence-corrected chi connectivity index (χ3v) is 2.35. The fourth-order valence-corrected chi connectivity index (χ4v) is 1.51. The second kappa shape index (κ2) is 4.84. The summed E-state index contributed by atoms with van der Waals surface area (Å²) in [4.78, 5) is 11.2. The van der Waals surface area contributed by atoms with Crippen LogP contribution in [-0.2, 0) is 13.0 Å². The summed E-state index contributed by atoms with van der Waals surface area (Å²) in [5, 5.41) is 9.54. The summed E-state index contributed by atoms with van der Waals surface area (Å²) in [7, 11) is 0. The minimum Gasteiger partial charge on any atom is -0.503 e. The van der Waals surface area contributed by atoms with Gasteiger partial charge in [-0.1, -0.05) is 20.3 Å². The second-order valence-electron chi connectivity index (χ2n) is 3.38. The maximum atomic E-state index is 11.2. The first kappa shape index (κ1) is 10.8. The van der Waals surface area contributed by atoms with Gasteiger partial charge < -0.3 is 9.67 Å². The predicted molar refractivity (Wildman–Crippen MR) is 56.7 cm³/mol. The van der Waals surface area contributed by atoms with Gasteiger partial charge in [0, 0.05) is 18.8 Å². The Morgan fingerprint density at radius 1 is 1.43 bits per heavy atom. The summed E-state index contributed by atoms with van der Waals surface area (Å²) >= 11 is 0. The van der Waals surface area contributed by atoms with E-state index in [4.69, 9.17) is 0 Å². The number of aromatic hydroxyl groups is 1. The highest BCUT2D eigenvalue weighted by Crippen LogP contribution is 2.12. The van der Waals surface area contributed by atoms with Gasteiger partial charge in [0.1, 0.15) is 0 Å². The van der Waals surface area contributed by atoms with Crippen molar-refractivity contribution < 1.29 is 5.11 Å². The number of nitrogens with zero attached hydrogens (tertiary/aromatic N) is 1. The molecule has 1 heterocycles. The summed E-state index contributed by atoms with van der Waals surface area (Å²) < 4.78 is 1.96. The van der Waals surface area contributed by atoms with Crippen LogP contribution in [0.15, 0.2) is 17.1 Å². The molecule has 3 heteroatoms. The Balaban J connectivity index is 3.04. The topological polar surface area (TPSA) is 42.2 Å². The highest BCUT2D eigenvalue weighted by atomic mass is 16.3. The Labute approximate surface area is 84.0 Å². The summed E-state index contributed by atoms with van der Waals surface area (Å²) in [6.45, 7) is 4.93. The molecule has 0 aliphatic carbocycles. The average molecular weight is 195 g/mol. The van der Waals surface area contributed by atoms with Crippen LogP contribution in [0.2, 0.25) is 0 Å². The van der Waals surface area contributed by atoms with E-state index in [-0.39, 0.29) is 11.2 Å². The molecule has 0 fully saturated rings. The van der Waals surface area contributed by atoms with Crippen molar-refractivity contribution >= 4 is 0 Å². The lowest BCUT2D eigenvalue weighted by molar-refractivity contribution is 0.447. The van der Waals surface area contributed by atoms with E-state index in [1.54, 1.807) is 6.20 Å². The molecule has 0 saturated carbocycles. The molecule has 14 heavy (non-hydrogen) atoms. The zero-order valence-corrected chi connectivity index (χ0v) is 8.79. The fourth-order valence-electron chi connectivity index (χ4n) is 1.51. The first-order valence-corrected chi connectivity index (χ1v) is 5.12. The molecule has 0 atom stereocenters. The van der Waals surface area contributed by atoms with Gasteiger partial charge in [-0.2, -0.15) is 0 Å². The van der Waals surface area contributed by atoms with Crippen LogP contribution in [0.4, 0.5) is 0 Å². The lowest BCUT2D eigenvalue weighted by Gasteiger charge is -2.12. The zero-order chi connectivity index (χ0) is 10.6. The third kappa shape index (κ3) is 2.16. The van der Waals surface area contributed by atoms with Crippen LogP contribution >= 0.6 is 0 Å². The van der Waals surface area contributed by atoms with E-state index in [1.807, 2.05) is 11.5 Å². The number of hydrogen-bond donors (Lipinski definition) is 1. The van der Waals surface area contributed by atoms with E-state index in [0.717, 1.165) is 25.1 Å². The number of pyridine rings is 1. The van der Waals surface area contributed by atoms with Gasteiger partial charge in [-0.15, -0.1) is 0 Å². The van der Waals surface area contributed by atoms with Crippen LogP contribution in [-0.4, -0.2) is 9.67 Å². The summed E-state index contributed by atoms with van der Waals surface area (Å²) in [6.07, 6.45) is 4.62.